The average Bonchev–Trinajstić information content (AvgIpc) is 3.23. The Kier molecular flexibility index (Phi) is 4.67. The third kappa shape index (κ3) is 3.02. The van der Waals surface area contributed by atoms with Crippen LogP contribution in [0.2, 0.25) is 0 Å². The number of hydrogen-bond donors (Lipinski definition) is 0. The molecule has 1 fully saturated rings. The Balaban J connectivity index is 1.94. The molecular weight excluding hydrogens is 327 g/mol. The third-order valence-electron chi connectivity index (χ3n) is 5.08. The van der Waals surface area contributed by atoms with Crippen LogP contribution in [0, 0.1) is 0 Å². The summed E-state index contributed by atoms with van der Waals surface area (Å²) in [5.74, 6) is 0. The van der Waals surface area contributed by atoms with Gasteiger partial charge in [-0.1, -0.05) is 0 Å². The van der Waals surface area contributed by atoms with E-state index in [1.807, 2.05) is 0 Å². The van der Waals surface area contributed by atoms with Crippen molar-refractivity contribution in [3.63, 3.8) is 0 Å². The zero-order valence-electron chi connectivity index (χ0n) is 14.4. The summed E-state index contributed by atoms with van der Waals surface area (Å²) in [4.78, 5) is 0. The topological polar surface area (TPSA) is 18.5 Å². The summed E-state index contributed by atoms with van der Waals surface area (Å²) in [6.07, 6.45) is -0.254. The Labute approximate surface area is 149 Å². The van der Waals surface area contributed by atoms with Crippen molar-refractivity contribution >= 4 is 23.2 Å². The number of ether oxygens (including phenoxy) is 2. The number of hydrogen-bond acceptors (Lipinski definition) is 2. The van der Waals surface area contributed by atoms with Gasteiger partial charge >= 0.3 is 149 Å². The molecule has 0 atom stereocenters. The minimum absolute atomic E-state index is 0.254. The van der Waals surface area contributed by atoms with Gasteiger partial charge in [0.05, 0.1) is 0 Å². The molecule has 1 aliphatic heterocycles. The molecule has 0 N–H and O–H groups in total. The molecule has 25 heavy (non-hydrogen) atoms. The predicted molar refractivity (Wildman–Crippen MR) is 107 cm³/mol. The molecule has 0 spiro atoms. The normalized spacial score (nSPS) is 16.0. The monoisotopic (exact) mass is 350 g/mol. The number of benzene rings is 3. The SMILES string of the molecule is C[PH](c1ccccc1)(c1ccccc1)c1ccccc1C1OCCO1. The van der Waals surface area contributed by atoms with E-state index in [4.69, 9.17) is 9.47 Å². The Morgan fingerprint density at radius 1 is 0.680 bits per heavy atom. The van der Waals surface area contributed by atoms with Crippen LogP contribution in [0.3, 0.4) is 0 Å². The van der Waals surface area contributed by atoms with Gasteiger partial charge in [0, 0.05) is 0 Å². The maximum atomic E-state index is 5.85. The second-order valence-corrected chi connectivity index (χ2v) is 10.5. The Morgan fingerprint density at radius 3 is 1.72 bits per heavy atom. The van der Waals surface area contributed by atoms with Gasteiger partial charge in [-0.2, -0.15) is 0 Å². The van der Waals surface area contributed by atoms with Gasteiger partial charge in [-0.3, -0.25) is 0 Å². The first kappa shape index (κ1) is 16.5. The van der Waals surface area contributed by atoms with Crippen molar-refractivity contribution in [2.75, 3.05) is 19.9 Å². The van der Waals surface area contributed by atoms with E-state index in [1.54, 1.807) is 0 Å². The van der Waals surface area contributed by atoms with E-state index in [0.29, 0.717) is 13.2 Å². The van der Waals surface area contributed by atoms with Gasteiger partial charge in [0.15, 0.2) is 0 Å². The molecule has 128 valence electrons. The Hall–Kier alpha value is -1.99. The van der Waals surface area contributed by atoms with E-state index in [9.17, 15) is 0 Å². The molecule has 4 rings (SSSR count). The molecule has 1 aliphatic rings. The van der Waals surface area contributed by atoms with Crippen molar-refractivity contribution < 1.29 is 9.47 Å². The van der Waals surface area contributed by atoms with Gasteiger partial charge in [0.1, 0.15) is 0 Å². The zero-order chi connectivity index (χ0) is 17.1. The Morgan fingerprint density at radius 2 is 1.16 bits per heavy atom. The standard InChI is InChI=1S/C22H23O2P/c1-25(18-10-4-2-5-11-18,19-12-6-3-7-13-19)21-15-9-8-14-20(21)22-23-16-17-24-22/h2-15,22,25H,16-17H2,1H3. The molecule has 3 aromatic rings. The maximum absolute atomic E-state index is 5.85. The first-order valence-corrected chi connectivity index (χ1v) is 11.2. The predicted octanol–water partition coefficient (Wildman–Crippen LogP) is 3.39. The Bertz CT molecular complexity index is 787. The van der Waals surface area contributed by atoms with Crippen LogP contribution in [0.15, 0.2) is 84.9 Å². The summed E-state index contributed by atoms with van der Waals surface area (Å²) in [5, 5.41) is 4.15. The van der Waals surface area contributed by atoms with Gasteiger partial charge in [-0.15, -0.1) is 0 Å². The molecule has 2 nitrogen and oxygen atoms in total. The molecule has 0 saturated carbocycles. The summed E-state index contributed by atoms with van der Waals surface area (Å²) in [6, 6.07) is 30.3. The second kappa shape index (κ2) is 7.09. The molecule has 0 radical (unpaired) electrons. The van der Waals surface area contributed by atoms with Crippen LogP contribution in [0.5, 0.6) is 0 Å². The molecule has 1 saturated heterocycles. The fraction of sp³-hybridized carbons (Fsp3) is 0.182. The zero-order valence-corrected chi connectivity index (χ0v) is 15.4. The average molecular weight is 350 g/mol. The van der Waals surface area contributed by atoms with Gasteiger partial charge < -0.3 is 0 Å². The summed E-state index contributed by atoms with van der Waals surface area (Å²) in [6.45, 7) is 3.74. The van der Waals surface area contributed by atoms with E-state index >= 15 is 0 Å². The van der Waals surface area contributed by atoms with Crippen LogP contribution in [-0.2, 0) is 9.47 Å². The van der Waals surface area contributed by atoms with Crippen molar-refractivity contribution in [3.05, 3.63) is 90.5 Å². The van der Waals surface area contributed by atoms with Crippen LogP contribution < -0.4 is 15.9 Å². The first-order chi connectivity index (χ1) is 12.3. The van der Waals surface area contributed by atoms with E-state index in [-0.39, 0.29) is 6.29 Å². The van der Waals surface area contributed by atoms with Gasteiger partial charge in [-0.05, 0) is 0 Å². The molecule has 0 bridgehead atoms. The van der Waals surface area contributed by atoms with Crippen LogP contribution in [0.25, 0.3) is 0 Å². The van der Waals surface area contributed by atoms with Crippen LogP contribution >= 0.6 is 7.26 Å². The van der Waals surface area contributed by atoms with Crippen LogP contribution in [0.4, 0.5) is 0 Å². The summed E-state index contributed by atoms with van der Waals surface area (Å²) in [7, 11) is -2.15. The summed E-state index contributed by atoms with van der Waals surface area (Å²) in [5.41, 5.74) is 1.17. The summed E-state index contributed by atoms with van der Waals surface area (Å²) < 4.78 is 11.7. The van der Waals surface area contributed by atoms with Gasteiger partial charge in [0.2, 0.25) is 0 Å². The molecule has 3 aromatic carbocycles. The van der Waals surface area contributed by atoms with Crippen molar-refractivity contribution in [2.45, 2.75) is 6.29 Å². The van der Waals surface area contributed by atoms with Gasteiger partial charge in [0.25, 0.3) is 0 Å². The van der Waals surface area contributed by atoms with Crippen molar-refractivity contribution in [2.24, 2.45) is 0 Å². The summed E-state index contributed by atoms with van der Waals surface area (Å²) >= 11 is 0. The molecule has 0 amide bonds. The molecule has 0 aromatic heterocycles. The van der Waals surface area contributed by atoms with E-state index in [2.05, 4.69) is 91.6 Å². The quantitative estimate of drug-likeness (QED) is 0.672. The van der Waals surface area contributed by atoms with E-state index in [1.165, 1.54) is 21.5 Å². The van der Waals surface area contributed by atoms with Crippen molar-refractivity contribution in [3.8, 4) is 0 Å². The number of rotatable bonds is 4. The van der Waals surface area contributed by atoms with Crippen LogP contribution in [0.1, 0.15) is 11.9 Å². The molecular formula is C22H23O2P. The van der Waals surface area contributed by atoms with E-state index in [0.717, 1.165) is 0 Å². The molecule has 3 heteroatoms. The first-order valence-electron chi connectivity index (χ1n) is 8.74. The molecule has 1 heterocycles. The third-order valence-corrected chi connectivity index (χ3v) is 9.59. The van der Waals surface area contributed by atoms with Gasteiger partial charge in [-0.25, -0.2) is 0 Å². The minimum atomic E-state index is -2.15. The van der Waals surface area contributed by atoms with E-state index < -0.39 is 7.26 Å². The van der Waals surface area contributed by atoms with Crippen molar-refractivity contribution in [1.82, 2.24) is 0 Å². The van der Waals surface area contributed by atoms with Crippen molar-refractivity contribution in [1.29, 1.82) is 0 Å². The fourth-order valence-electron chi connectivity index (χ4n) is 3.72. The molecule has 0 aliphatic carbocycles. The second-order valence-electron chi connectivity index (χ2n) is 6.52. The molecule has 0 unspecified atom stereocenters. The van der Waals surface area contributed by atoms with Crippen LogP contribution in [-0.4, -0.2) is 19.9 Å². The fourth-order valence-corrected chi connectivity index (χ4v) is 7.60.